The summed E-state index contributed by atoms with van der Waals surface area (Å²) in [6.07, 6.45) is -1.73. The van der Waals surface area contributed by atoms with Crippen LogP contribution in [0.3, 0.4) is 0 Å². The fourth-order valence-electron chi connectivity index (χ4n) is 2.34. The van der Waals surface area contributed by atoms with Gasteiger partial charge in [0.25, 0.3) is 6.43 Å². The predicted octanol–water partition coefficient (Wildman–Crippen LogP) is 1.57. The van der Waals surface area contributed by atoms with Crippen LogP contribution in [0.25, 0.3) is 0 Å². The standard InChI is InChI=1S/C10H20F2N2/c1-4-13-10(9(11)12)5-6-14(3)7-8(10)2/h8-9,13H,4-7H2,1-3H3. The van der Waals surface area contributed by atoms with Gasteiger partial charge in [0, 0.05) is 6.54 Å². The van der Waals surface area contributed by atoms with Crippen molar-refractivity contribution >= 4 is 0 Å². The van der Waals surface area contributed by atoms with Crippen molar-refractivity contribution in [1.29, 1.82) is 0 Å². The molecule has 0 radical (unpaired) electrons. The highest BCUT2D eigenvalue weighted by Gasteiger charge is 2.46. The van der Waals surface area contributed by atoms with E-state index in [-0.39, 0.29) is 5.92 Å². The second-order valence-corrected chi connectivity index (χ2v) is 4.28. The smallest absolute Gasteiger partial charge is 0.256 e. The van der Waals surface area contributed by atoms with Crippen LogP contribution in [-0.2, 0) is 0 Å². The molecule has 2 atom stereocenters. The second-order valence-electron chi connectivity index (χ2n) is 4.28. The first kappa shape index (κ1) is 11.9. The van der Waals surface area contributed by atoms with Crippen LogP contribution in [0.4, 0.5) is 8.78 Å². The Balaban J connectivity index is 2.75. The van der Waals surface area contributed by atoms with E-state index >= 15 is 0 Å². The average molecular weight is 206 g/mol. The zero-order valence-corrected chi connectivity index (χ0v) is 9.19. The first-order chi connectivity index (χ1) is 6.53. The van der Waals surface area contributed by atoms with E-state index in [9.17, 15) is 8.78 Å². The van der Waals surface area contributed by atoms with E-state index in [0.717, 1.165) is 13.1 Å². The molecule has 0 aromatic rings. The van der Waals surface area contributed by atoms with Gasteiger partial charge in [0.05, 0.1) is 5.54 Å². The maximum Gasteiger partial charge on any atom is 0.256 e. The summed E-state index contributed by atoms with van der Waals surface area (Å²) < 4.78 is 26.1. The summed E-state index contributed by atoms with van der Waals surface area (Å²) in [5.74, 6) is 0.00111. The van der Waals surface area contributed by atoms with Crippen LogP contribution in [0.1, 0.15) is 20.3 Å². The topological polar surface area (TPSA) is 15.3 Å². The summed E-state index contributed by atoms with van der Waals surface area (Å²) in [7, 11) is 1.98. The van der Waals surface area contributed by atoms with Crippen molar-refractivity contribution in [1.82, 2.24) is 10.2 Å². The summed E-state index contributed by atoms with van der Waals surface area (Å²) in [6.45, 7) is 5.90. The Kier molecular flexibility index (Phi) is 3.84. The predicted molar refractivity (Wildman–Crippen MR) is 53.7 cm³/mol. The number of hydrogen-bond acceptors (Lipinski definition) is 2. The SMILES string of the molecule is CCNC1(C(F)F)CCN(C)CC1C. The molecule has 1 aliphatic heterocycles. The van der Waals surface area contributed by atoms with Crippen LogP contribution < -0.4 is 5.32 Å². The van der Waals surface area contributed by atoms with Crippen molar-refractivity contribution in [3.63, 3.8) is 0 Å². The maximum absolute atomic E-state index is 13.1. The van der Waals surface area contributed by atoms with E-state index in [0.29, 0.717) is 13.0 Å². The zero-order valence-electron chi connectivity index (χ0n) is 9.19. The van der Waals surface area contributed by atoms with E-state index < -0.39 is 12.0 Å². The minimum absolute atomic E-state index is 0.00111. The molecular weight excluding hydrogens is 186 g/mol. The molecule has 1 fully saturated rings. The largest absolute Gasteiger partial charge is 0.306 e. The highest BCUT2D eigenvalue weighted by molar-refractivity contribution is 4.99. The van der Waals surface area contributed by atoms with Gasteiger partial charge in [0.15, 0.2) is 0 Å². The first-order valence-corrected chi connectivity index (χ1v) is 5.24. The van der Waals surface area contributed by atoms with Crippen LogP contribution in [-0.4, -0.2) is 43.5 Å². The molecule has 2 nitrogen and oxygen atoms in total. The third kappa shape index (κ3) is 2.06. The highest BCUT2D eigenvalue weighted by atomic mass is 19.3. The fourth-order valence-corrected chi connectivity index (χ4v) is 2.34. The zero-order chi connectivity index (χ0) is 10.8. The van der Waals surface area contributed by atoms with Crippen LogP contribution in [0.2, 0.25) is 0 Å². The van der Waals surface area contributed by atoms with Crippen molar-refractivity contribution in [3.05, 3.63) is 0 Å². The average Bonchev–Trinajstić information content (AvgIpc) is 2.10. The Morgan fingerprint density at radius 2 is 2.21 bits per heavy atom. The van der Waals surface area contributed by atoms with Crippen LogP contribution in [0.15, 0.2) is 0 Å². The molecule has 0 amide bonds. The van der Waals surface area contributed by atoms with Gasteiger partial charge in [-0.25, -0.2) is 8.78 Å². The fraction of sp³-hybridized carbons (Fsp3) is 1.00. The lowest BCUT2D eigenvalue weighted by molar-refractivity contribution is -0.0390. The molecule has 0 aromatic heterocycles. The number of halogens is 2. The third-order valence-corrected chi connectivity index (χ3v) is 3.27. The van der Waals surface area contributed by atoms with Gasteiger partial charge in [-0.05, 0) is 32.5 Å². The molecule has 0 spiro atoms. The molecule has 1 saturated heterocycles. The molecule has 1 N–H and O–H groups in total. The lowest BCUT2D eigenvalue weighted by atomic mass is 9.79. The summed E-state index contributed by atoms with van der Waals surface area (Å²) >= 11 is 0. The van der Waals surface area contributed by atoms with Crippen LogP contribution >= 0.6 is 0 Å². The normalized spacial score (nSPS) is 35.1. The molecule has 1 aliphatic rings. The molecule has 0 aromatic carbocycles. The Morgan fingerprint density at radius 1 is 1.57 bits per heavy atom. The Bertz CT molecular complexity index is 187. The quantitative estimate of drug-likeness (QED) is 0.754. The minimum atomic E-state index is -2.27. The number of piperidine rings is 1. The monoisotopic (exact) mass is 206 g/mol. The van der Waals surface area contributed by atoms with Crippen LogP contribution in [0, 0.1) is 5.92 Å². The summed E-state index contributed by atoms with van der Waals surface area (Å²) in [6, 6.07) is 0. The first-order valence-electron chi connectivity index (χ1n) is 5.24. The van der Waals surface area contributed by atoms with Gasteiger partial charge in [-0.1, -0.05) is 13.8 Å². The van der Waals surface area contributed by atoms with Crippen molar-refractivity contribution in [2.24, 2.45) is 5.92 Å². The molecular formula is C10H20F2N2. The Hall–Kier alpha value is -0.220. The number of rotatable bonds is 3. The molecule has 1 heterocycles. The molecule has 84 valence electrons. The van der Waals surface area contributed by atoms with Gasteiger partial charge in [-0.2, -0.15) is 0 Å². The Labute approximate surface area is 84.7 Å². The van der Waals surface area contributed by atoms with Gasteiger partial charge < -0.3 is 10.2 Å². The van der Waals surface area contributed by atoms with Crippen LogP contribution in [0.5, 0.6) is 0 Å². The van der Waals surface area contributed by atoms with Crippen molar-refractivity contribution in [2.75, 3.05) is 26.7 Å². The number of alkyl halides is 2. The molecule has 0 saturated carbocycles. The van der Waals surface area contributed by atoms with Crippen molar-refractivity contribution < 1.29 is 8.78 Å². The van der Waals surface area contributed by atoms with E-state index in [4.69, 9.17) is 0 Å². The third-order valence-electron chi connectivity index (χ3n) is 3.27. The summed E-state index contributed by atoms with van der Waals surface area (Å²) in [5, 5.41) is 2.99. The molecule has 2 unspecified atom stereocenters. The molecule has 4 heteroatoms. The number of hydrogen-bond donors (Lipinski definition) is 1. The lowest BCUT2D eigenvalue weighted by Gasteiger charge is -2.45. The van der Waals surface area contributed by atoms with Crippen molar-refractivity contribution in [3.8, 4) is 0 Å². The van der Waals surface area contributed by atoms with Gasteiger partial charge >= 0.3 is 0 Å². The van der Waals surface area contributed by atoms with Crippen molar-refractivity contribution in [2.45, 2.75) is 32.2 Å². The number of nitrogens with one attached hydrogen (secondary N) is 1. The van der Waals surface area contributed by atoms with E-state index in [1.807, 2.05) is 20.9 Å². The summed E-state index contributed by atoms with van der Waals surface area (Å²) in [4.78, 5) is 2.11. The second kappa shape index (κ2) is 4.53. The minimum Gasteiger partial charge on any atom is -0.306 e. The highest BCUT2D eigenvalue weighted by Crippen LogP contribution is 2.32. The molecule has 0 bridgehead atoms. The van der Waals surface area contributed by atoms with E-state index in [1.54, 1.807) is 0 Å². The van der Waals surface area contributed by atoms with E-state index in [1.165, 1.54) is 0 Å². The lowest BCUT2D eigenvalue weighted by Crippen LogP contribution is -2.62. The number of likely N-dealkylation sites (tertiary alicyclic amines) is 1. The van der Waals surface area contributed by atoms with Gasteiger partial charge in [0.2, 0.25) is 0 Å². The maximum atomic E-state index is 13.1. The summed E-state index contributed by atoms with van der Waals surface area (Å²) in [5.41, 5.74) is -0.957. The van der Waals surface area contributed by atoms with Gasteiger partial charge in [-0.3, -0.25) is 0 Å². The molecule has 14 heavy (non-hydrogen) atoms. The molecule has 0 aliphatic carbocycles. The van der Waals surface area contributed by atoms with E-state index in [2.05, 4.69) is 10.2 Å². The van der Waals surface area contributed by atoms with Gasteiger partial charge in [-0.15, -0.1) is 0 Å². The Morgan fingerprint density at radius 3 is 2.64 bits per heavy atom. The van der Waals surface area contributed by atoms with Gasteiger partial charge in [0.1, 0.15) is 0 Å². The molecule has 1 rings (SSSR count). The number of nitrogens with zero attached hydrogens (tertiary/aromatic N) is 1.